The summed E-state index contributed by atoms with van der Waals surface area (Å²) in [6.45, 7) is 7.77. The Morgan fingerprint density at radius 1 is 1.25 bits per heavy atom. The second-order valence-electron chi connectivity index (χ2n) is 7.03. The molecule has 28 heavy (non-hydrogen) atoms. The van der Waals surface area contributed by atoms with Crippen molar-refractivity contribution in [1.29, 1.82) is 0 Å². The van der Waals surface area contributed by atoms with Gasteiger partial charge < -0.3 is 10.6 Å². The number of hydrogen-bond acceptors (Lipinski definition) is 2. The zero-order chi connectivity index (χ0) is 20.1. The van der Waals surface area contributed by atoms with Gasteiger partial charge in [-0.15, -0.1) is 0 Å². The molecule has 146 valence electrons. The lowest BCUT2D eigenvalue weighted by atomic mass is 9.94. The van der Waals surface area contributed by atoms with Gasteiger partial charge in [-0.25, -0.2) is 4.39 Å². The number of hydrogen-bond donors (Lipinski definition) is 2. The smallest absolute Gasteiger partial charge is 0.255 e. The van der Waals surface area contributed by atoms with E-state index in [1.165, 1.54) is 17.2 Å². The molecule has 3 nitrogen and oxygen atoms in total. The number of anilines is 1. The van der Waals surface area contributed by atoms with E-state index >= 15 is 0 Å². The van der Waals surface area contributed by atoms with Gasteiger partial charge in [0.15, 0.2) is 0 Å². The van der Waals surface area contributed by atoms with E-state index in [9.17, 15) is 9.18 Å². The summed E-state index contributed by atoms with van der Waals surface area (Å²) >= 11 is 0. The number of amides is 1. The summed E-state index contributed by atoms with van der Waals surface area (Å²) in [7, 11) is 0. The first kappa shape index (κ1) is 20.0. The molecule has 2 aromatic rings. The highest BCUT2D eigenvalue weighted by Crippen LogP contribution is 2.26. The minimum Gasteiger partial charge on any atom is -0.322 e. The van der Waals surface area contributed by atoms with Gasteiger partial charge in [-0.2, -0.15) is 0 Å². The number of allylic oxidation sites excluding steroid dienone is 2. The van der Waals surface area contributed by atoms with E-state index in [-0.39, 0.29) is 11.7 Å². The lowest BCUT2D eigenvalue weighted by molar-refractivity contribution is 0.102. The highest BCUT2D eigenvalue weighted by Gasteiger charge is 2.13. The van der Waals surface area contributed by atoms with Gasteiger partial charge in [0.2, 0.25) is 0 Å². The van der Waals surface area contributed by atoms with Crippen molar-refractivity contribution in [3.05, 3.63) is 76.6 Å². The summed E-state index contributed by atoms with van der Waals surface area (Å²) in [5, 5.41) is 6.11. The topological polar surface area (TPSA) is 41.1 Å². The minimum absolute atomic E-state index is 0.233. The van der Waals surface area contributed by atoms with Gasteiger partial charge in [-0.05, 0) is 85.8 Å². The number of aryl methyl sites for hydroxylation is 1. The molecule has 0 fully saturated rings. The molecule has 0 atom stereocenters. The molecule has 1 heterocycles. The van der Waals surface area contributed by atoms with Crippen LogP contribution in [0.5, 0.6) is 0 Å². The second-order valence-corrected chi connectivity index (χ2v) is 7.03. The summed E-state index contributed by atoms with van der Waals surface area (Å²) in [5.74, 6) is -0.556. The molecule has 0 saturated carbocycles. The van der Waals surface area contributed by atoms with Crippen molar-refractivity contribution in [2.24, 2.45) is 0 Å². The normalized spacial score (nSPS) is 14.6. The molecule has 2 aromatic carbocycles. The molecular weight excluding hydrogens is 351 g/mol. The van der Waals surface area contributed by atoms with E-state index in [2.05, 4.69) is 16.7 Å². The van der Waals surface area contributed by atoms with Crippen molar-refractivity contribution < 1.29 is 9.18 Å². The van der Waals surface area contributed by atoms with Crippen molar-refractivity contribution in [2.45, 2.75) is 33.6 Å². The van der Waals surface area contributed by atoms with E-state index in [0.717, 1.165) is 37.1 Å². The zero-order valence-corrected chi connectivity index (χ0v) is 16.7. The molecule has 0 unspecified atom stereocenters. The molecule has 0 saturated heterocycles. The first-order valence-electron chi connectivity index (χ1n) is 9.80. The second kappa shape index (κ2) is 8.98. The van der Waals surface area contributed by atoms with Crippen molar-refractivity contribution in [3.8, 4) is 0 Å². The number of halogens is 1. The highest BCUT2D eigenvalue weighted by molar-refractivity contribution is 6.04. The third kappa shape index (κ3) is 4.39. The Morgan fingerprint density at radius 3 is 2.68 bits per heavy atom. The Kier molecular flexibility index (Phi) is 6.42. The van der Waals surface area contributed by atoms with Crippen LogP contribution in [0.1, 0.15) is 53.7 Å². The predicted molar refractivity (Wildman–Crippen MR) is 115 cm³/mol. The van der Waals surface area contributed by atoms with Gasteiger partial charge >= 0.3 is 0 Å². The quantitative estimate of drug-likeness (QED) is 0.713. The number of rotatable bonds is 5. The molecule has 1 aliphatic heterocycles. The van der Waals surface area contributed by atoms with E-state index in [1.807, 2.05) is 45.0 Å². The Bertz CT molecular complexity index is 944. The molecule has 3 rings (SSSR count). The van der Waals surface area contributed by atoms with Crippen LogP contribution in [0.2, 0.25) is 0 Å². The Hall–Kier alpha value is -2.72. The average molecular weight is 378 g/mol. The largest absolute Gasteiger partial charge is 0.322 e. The molecule has 0 aromatic heterocycles. The van der Waals surface area contributed by atoms with Crippen LogP contribution in [-0.4, -0.2) is 19.0 Å². The van der Waals surface area contributed by atoms with Crippen molar-refractivity contribution in [1.82, 2.24) is 5.32 Å². The number of nitrogens with one attached hydrogen (secondary N) is 2. The van der Waals surface area contributed by atoms with Gasteiger partial charge in [0.05, 0.1) is 0 Å². The number of carbonyl (C=O) groups is 1. The fraction of sp³-hybridized carbons (Fsp3) is 0.292. The average Bonchev–Trinajstić information content (AvgIpc) is 2.71. The maximum Gasteiger partial charge on any atom is 0.255 e. The molecule has 0 radical (unpaired) electrons. The first-order valence-corrected chi connectivity index (χ1v) is 9.80. The van der Waals surface area contributed by atoms with Crippen molar-refractivity contribution >= 4 is 22.7 Å². The van der Waals surface area contributed by atoms with Crippen LogP contribution in [0.3, 0.4) is 0 Å². The zero-order valence-electron chi connectivity index (χ0n) is 16.7. The van der Waals surface area contributed by atoms with Crippen LogP contribution in [0.25, 0.3) is 11.1 Å². The summed E-state index contributed by atoms with van der Waals surface area (Å²) in [6, 6.07) is 10.6. The van der Waals surface area contributed by atoms with E-state index < -0.39 is 0 Å². The van der Waals surface area contributed by atoms with Gasteiger partial charge in [-0.3, -0.25) is 4.79 Å². The minimum atomic E-state index is -0.322. The van der Waals surface area contributed by atoms with E-state index in [0.29, 0.717) is 16.8 Å². The maximum absolute atomic E-state index is 14.4. The summed E-state index contributed by atoms with van der Waals surface area (Å²) in [6.07, 6.45) is 5.87. The van der Waals surface area contributed by atoms with E-state index in [1.54, 1.807) is 12.1 Å². The lowest BCUT2D eigenvalue weighted by Crippen LogP contribution is -2.20. The van der Waals surface area contributed by atoms with Crippen molar-refractivity contribution in [3.63, 3.8) is 0 Å². The third-order valence-corrected chi connectivity index (χ3v) is 5.20. The standard InChI is InChI=1S/C24H27FN2O/c1-4-17(5-2)22-9-7-20(15-23(22)25)27-24(28)19-6-8-21(16(3)14-19)18-10-12-26-13-11-18/h4,6-10,14-15,26H,5,11-13H2,1-3H3,(H,27,28)/b17-4+. The molecular formula is C24H27FN2O. The number of carbonyl (C=O) groups excluding carboxylic acids is 1. The van der Waals surface area contributed by atoms with Crippen molar-refractivity contribution in [2.75, 3.05) is 18.4 Å². The first-order chi connectivity index (χ1) is 13.5. The predicted octanol–water partition coefficient (Wildman–Crippen LogP) is 5.58. The maximum atomic E-state index is 14.4. The molecule has 1 aliphatic rings. The van der Waals surface area contributed by atoms with Crippen LogP contribution in [0.4, 0.5) is 10.1 Å². The Labute approximate surface area is 166 Å². The molecule has 1 amide bonds. The van der Waals surface area contributed by atoms with Gasteiger partial charge in [-0.1, -0.05) is 25.1 Å². The molecule has 0 spiro atoms. The third-order valence-electron chi connectivity index (χ3n) is 5.20. The Morgan fingerprint density at radius 2 is 2.07 bits per heavy atom. The number of benzene rings is 2. The summed E-state index contributed by atoms with van der Waals surface area (Å²) in [4.78, 5) is 12.6. The van der Waals surface area contributed by atoms with Crippen LogP contribution in [0, 0.1) is 12.7 Å². The summed E-state index contributed by atoms with van der Waals surface area (Å²) in [5.41, 5.74) is 6.14. The molecule has 0 bridgehead atoms. The van der Waals surface area contributed by atoms with Gasteiger partial charge in [0.1, 0.15) is 5.82 Å². The van der Waals surface area contributed by atoms with Gasteiger partial charge in [0, 0.05) is 23.4 Å². The fourth-order valence-corrected chi connectivity index (χ4v) is 3.64. The SMILES string of the molecule is C/C=C(\CC)c1ccc(NC(=O)c2ccc(C3=CCNCC3)c(C)c2)cc1F. The van der Waals surface area contributed by atoms with Gasteiger partial charge in [0.25, 0.3) is 5.91 Å². The van der Waals surface area contributed by atoms with Crippen LogP contribution in [-0.2, 0) is 0 Å². The monoisotopic (exact) mass is 378 g/mol. The molecule has 0 aliphatic carbocycles. The van der Waals surface area contributed by atoms with Crippen LogP contribution in [0.15, 0.2) is 48.6 Å². The molecule has 2 N–H and O–H groups in total. The van der Waals surface area contributed by atoms with E-state index in [4.69, 9.17) is 0 Å². The van der Waals surface area contributed by atoms with Crippen LogP contribution >= 0.6 is 0 Å². The molecule has 4 heteroatoms. The van der Waals surface area contributed by atoms with Crippen LogP contribution < -0.4 is 10.6 Å². The fourth-order valence-electron chi connectivity index (χ4n) is 3.64. The highest BCUT2D eigenvalue weighted by atomic mass is 19.1. The summed E-state index contributed by atoms with van der Waals surface area (Å²) < 4.78 is 14.4. The lowest BCUT2D eigenvalue weighted by Gasteiger charge is -2.17. The Balaban J connectivity index is 1.77.